The van der Waals surface area contributed by atoms with E-state index < -0.39 is 18.2 Å². The molecule has 0 radical (unpaired) electrons. The van der Waals surface area contributed by atoms with E-state index in [9.17, 15) is 9.90 Å². The molecule has 0 fully saturated rings. The summed E-state index contributed by atoms with van der Waals surface area (Å²) in [5.74, 6) is 0.200. The number of aromatic nitrogens is 2. The van der Waals surface area contributed by atoms with Crippen LogP contribution in [-0.2, 0) is 4.84 Å². The Bertz CT molecular complexity index is 1100. The van der Waals surface area contributed by atoms with E-state index in [1.807, 2.05) is 42.5 Å². The summed E-state index contributed by atoms with van der Waals surface area (Å²) in [6, 6.07) is 16.1. The summed E-state index contributed by atoms with van der Waals surface area (Å²) in [4.78, 5) is 24.2. The summed E-state index contributed by atoms with van der Waals surface area (Å²) in [7, 11) is 1.50. The number of aliphatic hydroxyl groups is 1. The lowest BCUT2D eigenvalue weighted by Gasteiger charge is -2.21. The average molecular weight is 435 g/mol. The van der Waals surface area contributed by atoms with Crippen molar-refractivity contribution in [1.82, 2.24) is 20.5 Å². The topological polar surface area (TPSA) is 127 Å². The van der Waals surface area contributed by atoms with E-state index in [0.29, 0.717) is 23.5 Å². The van der Waals surface area contributed by atoms with Gasteiger partial charge in [0.15, 0.2) is 5.82 Å². The highest BCUT2D eigenvalue weighted by Crippen LogP contribution is 2.34. The SMILES string of the molecule is CONC1=CN(C(=O)c2ccc(-c3ccccc3)cc2)C(c2noc([C@@H](N)[C@@H](C)O)n2)C1. The number of carbonyl (C=O) groups excluding carboxylic acids is 1. The number of nitrogens with zero attached hydrogens (tertiary/aromatic N) is 3. The van der Waals surface area contributed by atoms with Gasteiger partial charge in [0.25, 0.3) is 5.91 Å². The second-order valence-corrected chi connectivity index (χ2v) is 7.59. The van der Waals surface area contributed by atoms with Crippen molar-refractivity contribution in [2.45, 2.75) is 31.5 Å². The normalized spacial score (nSPS) is 17.7. The number of nitrogens with two attached hydrogens (primary N) is 1. The molecule has 2 heterocycles. The van der Waals surface area contributed by atoms with Crippen LogP contribution < -0.4 is 11.2 Å². The molecule has 0 saturated heterocycles. The highest BCUT2D eigenvalue weighted by Gasteiger charge is 2.35. The van der Waals surface area contributed by atoms with E-state index >= 15 is 0 Å². The summed E-state index contributed by atoms with van der Waals surface area (Å²) in [5, 5.41) is 13.7. The maximum absolute atomic E-state index is 13.3. The monoisotopic (exact) mass is 435 g/mol. The second kappa shape index (κ2) is 9.31. The molecule has 9 heteroatoms. The highest BCUT2D eigenvalue weighted by atomic mass is 16.6. The van der Waals surface area contributed by atoms with Crippen molar-refractivity contribution >= 4 is 5.91 Å². The number of rotatable bonds is 7. The van der Waals surface area contributed by atoms with Crippen LogP contribution in [0.5, 0.6) is 0 Å². The van der Waals surface area contributed by atoms with Crippen molar-refractivity contribution in [2.24, 2.45) is 5.73 Å². The van der Waals surface area contributed by atoms with Crippen LogP contribution in [0.3, 0.4) is 0 Å². The summed E-state index contributed by atoms with van der Waals surface area (Å²) >= 11 is 0. The summed E-state index contributed by atoms with van der Waals surface area (Å²) in [6.45, 7) is 1.54. The Kier molecular flexibility index (Phi) is 6.31. The number of hydrogen-bond acceptors (Lipinski definition) is 8. The Balaban J connectivity index is 1.59. The molecule has 3 atom stereocenters. The maximum Gasteiger partial charge on any atom is 0.258 e. The molecule has 1 aliphatic rings. The third-order valence-corrected chi connectivity index (χ3v) is 5.31. The van der Waals surface area contributed by atoms with Gasteiger partial charge in [-0.3, -0.25) is 15.1 Å². The first-order valence-corrected chi connectivity index (χ1v) is 10.2. The van der Waals surface area contributed by atoms with Crippen LogP contribution in [0.25, 0.3) is 11.1 Å². The average Bonchev–Trinajstić information content (AvgIpc) is 3.46. The standard InChI is InChI=1S/C23H25N5O4/c1-14(29)20(24)22-25-21(27-32-22)19-12-18(26-31-2)13-28(19)23(30)17-10-8-16(9-11-17)15-6-4-3-5-7-15/h3-11,13-14,19-20,26,29H,12,24H2,1-2H3/t14-,19?,20+/m1/s1. The smallest absolute Gasteiger partial charge is 0.258 e. The minimum absolute atomic E-state index is 0.114. The molecule has 4 N–H and O–H groups in total. The summed E-state index contributed by atoms with van der Waals surface area (Å²) < 4.78 is 5.23. The minimum Gasteiger partial charge on any atom is -0.391 e. The second-order valence-electron chi connectivity index (χ2n) is 7.59. The zero-order valence-corrected chi connectivity index (χ0v) is 17.8. The fourth-order valence-electron chi connectivity index (χ4n) is 3.54. The number of amides is 1. The van der Waals surface area contributed by atoms with E-state index in [1.54, 1.807) is 30.2 Å². The van der Waals surface area contributed by atoms with Gasteiger partial charge in [-0.25, -0.2) is 0 Å². The van der Waals surface area contributed by atoms with Gasteiger partial charge >= 0.3 is 0 Å². The molecule has 0 spiro atoms. The van der Waals surface area contributed by atoms with Crippen LogP contribution >= 0.6 is 0 Å². The predicted octanol–water partition coefficient (Wildman–Crippen LogP) is 2.70. The Morgan fingerprint density at radius 2 is 1.91 bits per heavy atom. The van der Waals surface area contributed by atoms with Crippen LogP contribution in [0, 0.1) is 0 Å². The van der Waals surface area contributed by atoms with Gasteiger partial charge in [-0.2, -0.15) is 4.98 Å². The number of hydroxylamine groups is 1. The summed E-state index contributed by atoms with van der Waals surface area (Å²) in [5.41, 5.74) is 12.0. The van der Waals surface area contributed by atoms with E-state index in [2.05, 4.69) is 15.6 Å². The van der Waals surface area contributed by atoms with Crippen molar-refractivity contribution in [3.63, 3.8) is 0 Å². The minimum atomic E-state index is -0.850. The Hall–Kier alpha value is -3.53. The quantitative estimate of drug-likeness (QED) is 0.484. The number of benzene rings is 2. The van der Waals surface area contributed by atoms with Gasteiger partial charge < -0.3 is 20.3 Å². The molecule has 4 rings (SSSR count). The third-order valence-electron chi connectivity index (χ3n) is 5.31. The molecule has 32 heavy (non-hydrogen) atoms. The zero-order valence-electron chi connectivity index (χ0n) is 17.8. The third kappa shape index (κ3) is 4.40. The molecule has 1 aromatic heterocycles. The van der Waals surface area contributed by atoms with E-state index in [4.69, 9.17) is 15.1 Å². The van der Waals surface area contributed by atoms with Crippen molar-refractivity contribution < 1.29 is 19.3 Å². The largest absolute Gasteiger partial charge is 0.391 e. The molecular formula is C23H25N5O4. The van der Waals surface area contributed by atoms with Crippen LogP contribution in [0.1, 0.15) is 47.5 Å². The van der Waals surface area contributed by atoms with Crippen LogP contribution in [-0.4, -0.2) is 39.3 Å². The van der Waals surface area contributed by atoms with Crippen molar-refractivity contribution in [3.05, 3.63) is 83.8 Å². The molecule has 0 saturated carbocycles. The molecule has 166 valence electrons. The molecule has 0 bridgehead atoms. The Labute approximate surface area is 185 Å². The van der Waals surface area contributed by atoms with Gasteiger partial charge in [-0.1, -0.05) is 47.6 Å². The van der Waals surface area contributed by atoms with Gasteiger partial charge in [-0.05, 0) is 30.2 Å². The number of nitrogens with one attached hydrogen (secondary N) is 1. The predicted molar refractivity (Wildman–Crippen MR) is 117 cm³/mol. The zero-order chi connectivity index (χ0) is 22.7. The fourth-order valence-corrected chi connectivity index (χ4v) is 3.54. The first-order valence-electron chi connectivity index (χ1n) is 10.2. The lowest BCUT2D eigenvalue weighted by Crippen LogP contribution is -2.28. The molecule has 2 aromatic carbocycles. The van der Waals surface area contributed by atoms with Crippen molar-refractivity contribution in [3.8, 4) is 11.1 Å². The molecular weight excluding hydrogens is 410 g/mol. The lowest BCUT2D eigenvalue weighted by atomic mass is 10.0. The van der Waals surface area contributed by atoms with Gasteiger partial charge in [0.1, 0.15) is 12.1 Å². The van der Waals surface area contributed by atoms with Gasteiger partial charge in [-0.15, -0.1) is 0 Å². The first kappa shape index (κ1) is 21.7. The number of carbonyl (C=O) groups is 1. The van der Waals surface area contributed by atoms with Gasteiger partial charge in [0.05, 0.1) is 18.9 Å². The molecule has 9 nitrogen and oxygen atoms in total. The number of hydrogen-bond donors (Lipinski definition) is 3. The molecule has 1 amide bonds. The van der Waals surface area contributed by atoms with E-state index in [-0.39, 0.29) is 11.8 Å². The first-order chi connectivity index (χ1) is 15.5. The lowest BCUT2D eigenvalue weighted by molar-refractivity contribution is 0.0777. The van der Waals surface area contributed by atoms with Crippen LogP contribution in [0.15, 0.2) is 71.0 Å². The van der Waals surface area contributed by atoms with Gasteiger partial charge in [0, 0.05) is 18.2 Å². The molecule has 1 aliphatic heterocycles. The fraction of sp³-hybridized carbons (Fsp3) is 0.261. The Morgan fingerprint density at radius 3 is 2.56 bits per heavy atom. The van der Waals surface area contributed by atoms with Crippen LogP contribution in [0.4, 0.5) is 0 Å². The molecule has 1 unspecified atom stereocenters. The summed E-state index contributed by atoms with van der Waals surface area (Å²) in [6.07, 6.45) is 1.23. The van der Waals surface area contributed by atoms with Crippen molar-refractivity contribution in [1.29, 1.82) is 0 Å². The highest BCUT2D eigenvalue weighted by molar-refractivity contribution is 5.96. The van der Waals surface area contributed by atoms with E-state index in [0.717, 1.165) is 11.1 Å². The molecule has 3 aromatic rings. The molecule has 0 aliphatic carbocycles. The van der Waals surface area contributed by atoms with E-state index in [1.165, 1.54) is 7.11 Å². The van der Waals surface area contributed by atoms with Crippen LogP contribution in [0.2, 0.25) is 0 Å². The van der Waals surface area contributed by atoms with Gasteiger partial charge in [0.2, 0.25) is 5.89 Å². The van der Waals surface area contributed by atoms with Crippen molar-refractivity contribution in [2.75, 3.05) is 7.11 Å². The number of aliphatic hydroxyl groups excluding tert-OH is 1. The maximum atomic E-state index is 13.3. The Morgan fingerprint density at radius 1 is 1.22 bits per heavy atom.